The highest BCUT2D eigenvalue weighted by Crippen LogP contribution is 2.26. The van der Waals surface area contributed by atoms with Crippen molar-refractivity contribution in [3.05, 3.63) is 111 Å². The molecule has 0 spiro atoms. The molecule has 29 heavy (non-hydrogen) atoms. The van der Waals surface area contributed by atoms with E-state index in [9.17, 15) is 19.7 Å². The van der Waals surface area contributed by atoms with Gasteiger partial charge in [-0.1, -0.05) is 48.5 Å². The van der Waals surface area contributed by atoms with Crippen molar-refractivity contribution in [2.24, 2.45) is 0 Å². The quantitative estimate of drug-likeness (QED) is 0.256. The second-order valence-electron chi connectivity index (χ2n) is 6.67. The highest BCUT2D eigenvalue weighted by atomic mass is 16.6. The van der Waals surface area contributed by atoms with Crippen molar-refractivity contribution < 1.29 is 19.2 Å². The molecule has 0 bridgehead atoms. The van der Waals surface area contributed by atoms with Gasteiger partial charge in [-0.3, -0.25) is 14.9 Å². The summed E-state index contributed by atoms with van der Waals surface area (Å²) in [7, 11) is 0. The fourth-order valence-electron chi connectivity index (χ4n) is 2.87. The lowest BCUT2D eigenvalue weighted by molar-refractivity contribution is -0.384. The summed E-state index contributed by atoms with van der Waals surface area (Å²) < 4.78 is 5.53. The Morgan fingerprint density at radius 3 is 2.24 bits per heavy atom. The van der Waals surface area contributed by atoms with Crippen LogP contribution in [0.3, 0.4) is 0 Å². The molecule has 0 N–H and O–H groups in total. The third-order valence-corrected chi connectivity index (χ3v) is 4.65. The van der Waals surface area contributed by atoms with Gasteiger partial charge in [-0.15, -0.1) is 0 Å². The van der Waals surface area contributed by atoms with E-state index < -0.39 is 17.0 Å². The van der Waals surface area contributed by atoms with Crippen LogP contribution in [0, 0.1) is 24.0 Å². The van der Waals surface area contributed by atoms with Crippen LogP contribution >= 0.6 is 0 Å². The maximum Gasteiger partial charge on any atom is 0.339 e. The lowest BCUT2D eigenvalue weighted by Gasteiger charge is -2.18. The molecule has 0 aliphatic carbocycles. The molecule has 3 aromatic carbocycles. The van der Waals surface area contributed by atoms with Crippen LogP contribution in [-0.4, -0.2) is 16.7 Å². The first-order valence-electron chi connectivity index (χ1n) is 8.98. The standard InChI is InChI=1S/C23H19NO5/c1-15-11-12-18(13-16(15)2)21(25)22(17-7-4-3-5-8-17)29-23(26)19-9-6-10-20(14-19)24(27)28/h3-14,22H,1-2H3. The fraction of sp³-hybridized carbons (Fsp3) is 0.130. The average molecular weight is 389 g/mol. The molecule has 0 aromatic heterocycles. The zero-order valence-electron chi connectivity index (χ0n) is 16.0. The number of rotatable bonds is 6. The zero-order valence-corrected chi connectivity index (χ0v) is 16.0. The molecule has 0 aliphatic rings. The molecule has 0 amide bonds. The van der Waals surface area contributed by atoms with Crippen molar-refractivity contribution in [3.8, 4) is 0 Å². The van der Waals surface area contributed by atoms with E-state index in [0.717, 1.165) is 17.2 Å². The van der Waals surface area contributed by atoms with Crippen molar-refractivity contribution in [1.82, 2.24) is 0 Å². The minimum atomic E-state index is -1.16. The first kappa shape index (κ1) is 19.9. The zero-order chi connectivity index (χ0) is 21.0. The number of nitro groups is 1. The molecule has 0 fully saturated rings. The van der Waals surface area contributed by atoms with Gasteiger partial charge in [-0.05, 0) is 37.1 Å². The van der Waals surface area contributed by atoms with Crippen LogP contribution in [0.2, 0.25) is 0 Å². The number of non-ortho nitro benzene ring substituents is 1. The van der Waals surface area contributed by atoms with E-state index in [1.165, 1.54) is 18.2 Å². The highest BCUT2D eigenvalue weighted by molar-refractivity contribution is 6.02. The molecule has 3 rings (SSSR count). The van der Waals surface area contributed by atoms with Crippen LogP contribution in [0.4, 0.5) is 5.69 Å². The van der Waals surface area contributed by atoms with Crippen molar-refractivity contribution >= 4 is 17.4 Å². The summed E-state index contributed by atoms with van der Waals surface area (Å²) in [5.41, 5.74) is 2.73. The Morgan fingerprint density at radius 2 is 1.59 bits per heavy atom. The molecule has 0 heterocycles. The molecule has 0 aliphatic heterocycles. The third kappa shape index (κ3) is 4.55. The molecule has 1 unspecified atom stereocenters. The van der Waals surface area contributed by atoms with E-state index in [4.69, 9.17) is 4.74 Å². The van der Waals surface area contributed by atoms with E-state index in [2.05, 4.69) is 0 Å². The van der Waals surface area contributed by atoms with Gasteiger partial charge in [0.1, 0.15) is 0 Å². The lowest BCUT2D eigenvalue weighted by Crippen LogP contribution is -2.20. The van der Waals surface area contributed by atoms with Crippen LogP contribution in [0.5, 0.6) is 0 Å². The largest absolute Gasteiger partial charge is 0.445 e. The number of hydrogen-bond acceptors (Lipinski definition) is 5. The van der Waals surface area contributed by atoms with Gasteiger partial charge in [0.25, 0.3) is 5.69 Å². The number of nitro benzene ring substituents is 1. The number of carbonyl (C=O) groups excluding carboxylic acids is 2. The van der Waals surface area contributed by atoms with Gasteiger partial charge in [0, 0.05) is 23.3 Å². The molecule has 3 aromatic rings. The van der Waals surface area contributed by atoms with Crippen LogP contribution in [-0.2, 0) is 4.74 Å². The number of ketones is 1. The van der Waals surface area contributed by atoms with E-state index in [-0.39, 0.29) is 17.0 Å². The van der Waals surface area contributed by atoms with E-state index in [1.807, 2.05) is 19.9 Å². The second-order valence-corrected chi connectivity index (χ2v) is 6.67. The summed E-state index contributed by atoms with van der Waals surface area (Å²) in [6.45, 7) is 3.85. The normalized spacial score (nSPS) is 11.5. The molecule has 1 atom stereocenters. The highest BCUT2D eigenvalue weighted by Gasteiger charge is 2.27. The van der Waals surface area contributed by atoms with Gasteiger partial charge in [-0.25, -0.2) is 4.79 Å². The topological polar surface area (TPSA) is 86.5 Å². The predicted octanol–water partition coefficient (Wildman–Crippen LogP) is 4.99. The maximum atomic E-state index is 13.2. The Bertz CT molecular complexity index is 1080. The second kappa shape index (κ2) is 8.48. The summed E-state index contributed by atoms with van der Waals surface area (Å²) >= 11 is 0. The van der Waals surface area contributed by atoms with Crippen molar-refractivity contribution in [2.75, 3.05) is 0 Å². The SMILES string of the molecule is Cc1ccc(C(=O)C(OC(=O)c2cccc([N+](=O)[O-])c2)c2ccccc2)cc1C. The first-order chi connectivity index (χ1) is 13.9. The third-order valence-electron chi connectivity index (χ3n) is 4.65. The fourth-order valence-corrected chi connectivity index (χ4v) is 2.87. The Morgan fingerprint density at radius 1 is 0.862 bits per heavy atom. The smallest absolute Gasteiger partial charge is 0.339 e. The number of carbonyl (C=O) groups is 2. The summed E-state index contributed by atoms with van der Waals surface area (Å²) in [5, 5.41) is 11.0. The van der Waals surface area contributed by atoms with E-state index in [0.29, 0.717) is 11.1 Å². The molecule has 0 radical (unpaired) electrons. The summed E-state index contributed by atoms with van der Waals surface area (Å²) in [5.74, 6) is -1.17. The molecule has 6 nitrogen and oxygen atoms in total. The van der Waals surface area contributed by atoms with Crippen molar-refractivity contribution in [3.63, 3.8) is 0 Å². The number of Topliss-reactive ketones (excluding diaryl/α,β-unsaturated/α-hetero) is 1. The number of esters is 1. The lowest BCUT2D eigenvalue weighted by atomic mass is 9.97. The summed E-state index contributed by atoms with van der Waals surface area (Å²) in [6.07, 6.45) is -1.16. The average Bonchev–Trinajstić information content (AvgIpc) is 2.74. The first-order valence-corrected chi connectivity index (χ1v) is 8.98. The van der Waals surface area contributed by atoms with E-state index >= 15 is 0 Å². The van der Waals surface area contributed by atoms with Crippen LogP contribution < -0.4 is 0 Å². The van der Waals surface area contributed by atoms with Gasteiger partial charge in [0.05, 0.1) is 10.5 Å². The Hall–Kier alpha value is -3.80. The molecule has 0 saturated carbocycles. The number of ether oxygens (including phenoxy) is 1. The number of nitrogens with zero attached hydrogens (tertiary/aromatic N) is 1. The molecule has 0 saturated heterocycles. The Kier molecular flexibility index (Phi) is 5.83. The van der Waals surface area contributed by atoms with Gasteiger partial charge < -0.3 is 4.74 Å². The predicted molar refractivity (Wildman–Crippen MR) is 108 cm³/mol. The number of benzene rings is 3. The molecule has 146 valence electrons. The van der Waals surface area contributed by atoms with E-state index in [1.54, 1.807) is 42.5 Å². The van der Waals surface area contributed by atoms with Gasteiger partial charge in [0.15, 0.2) is 6.10 Å². The maximum absolute atomic E-state index is 13.2. The van der Waals surface area contributed by atoms with Gasteiger partial charge in [0.2, 0.25) is 5.78 Å². The number of aryl methyl sites for hydroxylation is 2. The minimum Gasteiger partial charge on any atom is -0.445 e. The monoisotopic (exact) mass is 389 g/mol. The van der Waals surface area contributed by atoms with Gasteiger partial charge >= 0.3 is 5.97 Å². The Balaban J connectivity index is 1.95. The minimum absolute atomic E-state index is 0.00742. The Labute approximate surface area is 167 Å². The van der Waals surface area contributed by atoms with Crippen molar-refractivity contribution in [1.29, 1.82) is 0 Å². The molecular weight excluding hydrogens is 370 g/mol. The van der Waals surface area contributed by atoms with Crippen LogP contribution in [0.25, 0.3) is 0 Å². The molecule has 6 heteroatoms. The van der Waals surface area contributed by atoms with Crippen LogP contribution in [0.1, 0.15) is 43.5 Å². The molecular formula is C23H19NO5. The summed E-state index contributed by atoms with van der Waals surface area (Å²) in [4.78, 5) is 36.2. The van der Waals surface area contributed by atoms with Crippen molar-refractivity contribution in [2.45, 2.75) is 20.0 Å². The van der Waals surface area contributed by atoms with Gasteiger partial charge in [-0.2, -0.15) is 0 Å². The summed E-state index contributed by atoms with van der Waals surface area (Å²) in [6, 6.07) is 19.2. The number of hydrogen-bond donors (Lipinski definition) is 0. The van der Waals surface area contributed by atoms with Crippen LogP contribution in [0.15, 0.2) is 72.8 Å².